The Morgan fingerprint density at radius 3 is 2.62 bits per heavy atom. The van der Waals surface area contributed by atoms with Crippen LogP contribution in [-0.2, 0) is 19.5 Å². The Morgan fingerprint density at radius 2 is 1.95 bits per heavy atom. The smallest absolute Gasteiger partial charge is 0.240 e. The third-order valence-electron chi connectivity index (χ3n) is 2.69. The summed E-state index contributed by atoms with van der Waals surface area (Å²) in [6, 6.07) is 4.35. The Labute approximate surface area is 125 Å². The van der Waals surface area contributed by atoms with Crippen molar-refractivity contribution in [1.82, 2.24) is 4.72 Å². The van der Waals surface area contributed by atoms with Crippen LogP contribution in [-0.4, -0.2) is 49.0 Å². The molecule has 1 aromatic carbocycles. The van der Waals surface area contributed by atoms with Crippen LogP contribution in [0, 0.1) is 0 Å². The average molecular weight is 318 g/mol. The van der Waals surface area contributed by atoms with Gasteiger partial charge in [0.2, 0.25) is 10.0 Å². The van der Waals surface area contributed by atoms with Gasteiger partial charge in [-0.3, -0.25) is 0 Å². The second kappa shape index (κ2) is 8.83. The third kappa shape index (κ3) is 5.88. The largest absolute Gasteiger partial charge is 0.491 e. The number of anilines is 1. The summed E-state index contributed by atoms with van der Waals surface area (Å²) < 4.78 is 41.3. The van der Waals surface area contributed by atoms with Crippen molar-refractivity contribution in [3.63, 3.8) is 0 Å². The second-order valence-electron chi connectivity index (χ2n) is 4.21. The number of nitrogen functional groups attached to an aromatic ring is 1. The number of nitrogens with two attached hydrogens (primary N) is 1. The molecule has 0 aliphatic carbocycles. The van der Waals surface area contributed by atoms with Crippen LogP contribution in [0.3, 0.4) is 0 Å². The van der Waals surface area contributed by atoms with Gasteiger partial charge in [0.15, 0.2) is 0 Å². The van der Waals surface area contributed by atoms with Gasteiger partial charge in [-0.05, 0) is 19.2 Å². The Kier molecular flexibility index (Phi) is 7.44. The van der Waals surface area contributed by atoms with E-state index in [1.807, 2.05) is 0 Å². The molecule has 3 N–H and O–H groups in total. The summed E-state index contributed by atoms with van der Waals surface area (Å²) in [4.78, 5) is 0.116. The summed E-state index contributed by atoms with van der Waals surface area (Å²) in [7, 11) is -0.544. The van der Waals surface area contributed by atoms with Crippen molar-refractivity contribution in [1.29, 1.82) is 0 Å². The van der Waals surface area contributed by atoms with Gasteiger partial charge < -0.3 is 19.9 Å². The van der Waals surface area contributed by atoms with Crippen LogP contribution in [0.2, 0.25) is 0 Å². The van der Waals surface area contributed by atoms with Crippen molar-refractivity contribution < 1.29 is 22.6 Å². The zero-order valence-corrected chi connectivity index (χ0v) is 13.1. The van der Waals surface area contributed by atoms with E-state index in [0.29, 0.717) is 44.3 Å². The van der Waals surface area contributed by atoms with E-state index in [9.17, 15) is 8.42 Å². The van der Waals surface area contributed by atoms with E-state index in [1.54, 1.807) is 7.11 Å². The summed E-state index contributed by atoms with van der Waals surface area (Å²) in [5.41, 5.74) is 6.16. The third-order valence-corrected chi connectivity index (χ3v) is 4.10. The molecule has 120 valence electrons. The van der Waals surface area contributed by atoms with E-state index in [4.69, 9.17) is 19.9 Å². The fourth-order valence-electron chi connectivity index (χ4n) is 1.51. The predicted molar refractivity (Wildman–Crippen MR) is 79.9 cm³/mol. The lowest BCUT2D eigenvalue weighted by molar-refractivity contribution is 0.0644. The maximum Gasteiger partial charge on any atom is 0.240 e. The molecule has 1 aromatic rings. The van der Waals surface area contributed by atoms with Crippen molar-refractivity contribution in [2.24, 2.45) is 0 Å². The summed E-state index contributed by atoms with van der Waals surface area (Å²) >= 11 is 0. The van der Waals surface area contributed by atoms with E-state index in [1.165, 1.54) is 25.2 Å². The monoisotopic (exact) mass is 318 g/mol. The Bertz CT molecular complexity index is 533. The highest BCUT2D eigenvalue weighted by Gasteiger charge is 2.13. The van der Waals surface area contributed by atoms with Gasteiger partial charge >= 0.3 is 0 Å². The van der Waals surface area contributed by atoms with Gasteiger partial charge in [0.25, 0.3) is 0 Å². The standard InChI is InChI=1S/C13H22N2O5S/c1-15-21(16,17)11-4-5-12(14)13(10-11)20-7-3-6-19-9-8-18-2/h4-5,10,15H,3,6-9,14H2,1-2H3. The Morgan fingerprint density at radius 1 is 1.19 bits per heavy atom. The SMILES string of the molecule is CNS(=O)(=O)c1ccc(N)c(OCCCOCCOC)c1. The summed E-state index contributed by atoms with van der Waals surface area (Å²) in [5, 5.41) is 0. The first-order chi connectivity index (χ1) is 10.0. The molecule has 0 saturated heterocycles. The molecule has 21 heavy (non-hydrogen) atoms. The number of sulfonamides is 1. The molecule has 1 rings (SSSR count). The van der Waals surface area contributed by atoms with E-state index in [0.717, 1.165) is 0 Å². The van der Waals surface area contributed by atoms with Gasteiger partial charge in [0.1, 0.15) is 5.75 Å². The molecule has 0 unspecified atom stereocenters. The number of ether oxygens (including phenoxy) is 3. The minimum atomic E-state index is -3.51. The van der Waals surface area contributed by atoms with E-state index >= 15 is 0 Å². The first-order valence-electron chi connectivity index (χ1n) is 6.54. The van der Waals surface area contributed by atoms with Crippen molar-refractivity contribution >= 4 is 15.7 Å². The van der Waals surface area contributed by atoms with Crippen LogP contribution in [0.25, 0.3) is 0 Å². The summed E-state index contributed by atoms with van der Waals surface area (Å²) in [6.45, 7) is 2.02. The predicted octanol–water partition coefficient (Wildman–Crippen LogP) is 0.609. The zero-order valence-electron chi connectivity index (χ0n) is 12.3. The Balaban J connectivity index is 2.50. The molecule has 0 atom stereocenters. The van der Waals surface area contributed by atoms with Gasteiger partial charge in [-0.25, -0.2) is 13.1 Å². The summed E-state index contributed by atoms with van der Waals surface area (Å²) in [6.07, 6.45) is 0.673. The van der Waals surface area contributed by atoms with Gasteiger partial charge in [0, 0.05) is 26.2 Å². The van der Waals surface area contributed by atoms with E-state index < -0.39 is 10.0 Å². The first-order valence-corrected chi connectivity index (χ1v) is 8.02. The van der Waals surface area contributed by atoms with Crippen molar-refractivity contribution in [3.8, 4) is 5.75 Å². The van der Waals surface area contributed by atoms with Crippen molar-refractivity contribution in [2.45, 2.75) is 11.3 Å². The highest BCUT2D eigenvalue weighted by atomic mass is 32.2. The number of hydrogen-bond acceptors (Lipinski definition) is 6. The maximum atomic E-state index is 11.7. The minimum Gasteiger partial charge on any atom is -0.491 e. The zero-order chi connectivity index (χ0) is 15.7. The quantitative estimate of drug-likeness (QED) is 0.484. The molecular weight excluding hydrogens is 296 g/mol. The molecule has 7 nitrogen and oxygen atoms in total. The molecule has 0 radical (unpaired) electrons. The van der Waals surface area contributed by atoms with Crippen LogP contribution in [0.5, 0.6) is 5.75 Å². The minimum absolute atomic E-state index is 0.116. The average Bonchev–Trinajstić information content (AvgIpc) is 2.47. The molecular formula is C13H22N2O5S. The molecule has 0 saturated carbocycles. The molecule has 0 amide bonds. The fourth-order valence-corrected chi connectivity index (χ4v) is 2.26. The number of hydrogen-bond donors (Lipinski definition) is 2. The van der Waals surface area contributed by atoms with Crippen LogP contribution in [0.1, 0.15) is 6.42 Å². The first kappa shape index (κ1) is 17.7. The maximum absolute atomic E-state index is 11.7. The molecule has 0 fully saturated rings. The van der Waals surface area contributed by atoms with Gasteiger partial charge in [-0.2, -0.15) is 0 Å². The number of benzene rings is 1. The topological polar surface area (TPSA) is 99.9 Å². The van der Waals surface area contributed by atoms with Gasteiger partial charge in [-0.1, -0.05) is 0 Å². The molecule has 0 aliphatic rings. The lowest BCUT2D eigenvalue weighted by atomic mass is 10.3. The fraction of sp³-hybridized carbons (Fsp3) is 0.538. The Hall–Kier alpha value is -1.35. The van der Waals surface area contributed by atoms with Crippen LogP contribution in [0.4, 0.5) is 5.69 Å². The lowest BCUT2D eigenvalue weighted by Gasteiger charge is -2.11. The molecule has 0 aromatic heterocycles. The van der Waals surface area contributed by atoms with E-state index in [2.05, 4.69) is 4.72 Å². The highest BCUT2D eigenvalue weighted by Crippen LogP contribution is 2.25. The van der Waals surface area contributed by atoms with Crippen LogP contribution in [0.15, 0.2) is 23.1 Å². The normalized spacial score (nSPS) is 11.5. The lowest BCUT2D eigenvalue weighted by Crippen LogP contribution is -2.18. The van der Waals surface area contributed by atoms with Crippen molar-refractivity contribution in [3.05, 3.63) is 18.2 Å². The number of rotatable bonds is 10. The molecule has 0 heterocycles. The molecule has 0 spiro atoms. The number of nitrogens with one attached hydrogen (secondary N) is 1. The highest BCUT2D eigenvalue weighted by molar-refractivity contribution is 7.89. The van der Waals surface area contributed by atoms with E-state index in [-0.39, 0.29) is 4.90 Å². The second-order valence-corrected chi connectivity index (χ2v) is 6.10. The summed E-state index contributed by atoms with van der Waals surface area (Å²) in [5.74, 6) is 0.350. The van der Waals surface area contributed by atoms with Crippen LogP contribution < -0.4 is 15.2 Å². The molecule has 8 heteroatoms. The number of methoxy groups -OCH3 is 1. The van der Waals surface area contributed by atoms with Crippen LogP contribution >= 0.6 is 0 Å². The molecule has 0 aliphatic heterocycles. The van der Waals surface area contributed by atoms with Gasteiger partial charge in [0.05, 0.1) is 30.4 Å². The molecule has 0 bridgehead atoms. The van der Waals surface area contributed by atoms with Crippen molar-refractivity contribution in [2.75, 3.05) is 46.3 Å². The van der Waals surface area contributed by atoms with Gasteiger partial charge in [-0.15, -0.1) is 0 Å².